The molecule has 0 aromatic heterocycles. The Morgan fingerprint density at radius 2 is 2.20 bits per heavy atom. The summed E-state index contributed by atoms with van der Waals surface area (Å²) in [7, 11) is 1.73. The van der Waals surface area contributed by atoms with Gasteiger partial charge in [0.2, 0.25) is 5.91 Å². The third kappa shape index (κ3) is 3.93. The van der Waals surface area contributed by atoms with Crippen LogP contribution < -0.4 is 5.73 Å². The predicted octanol–water partition coefficient (Wildman–Crippen LogP) is 1.30. The van der Waals surface area contributed by atoms with Gasteiger partial charge in [0, 0.05) is 32.7 Å². The summed E-state index contributed by atoms with van der Waals surface area (Å²) in [6.07, 6.45) is 6.24. The van der Waals surface area contributed by atoms with Crippen molar-refractivity contribution in [2.24, 2.45) is 5.73 Å². The summed E-state index contributed by atoms with van der Waals surface area (Å²) >= 11 is 0. The molecule has 0 aromatic carbocycles. The molecule has 0 aromatic rings. The fourth-order valence-electron chi connectivity index (χ4n) is 3.31. The Kier molecular flexibility index (Phi) is 5.81. The lowest BCUT2D eigenvalue weighted by Crippen LogP contribution is -2.51. The molecule has 0 saturated carbocycles. The molecule has 2 heterocycles. The second kappa shape index (κ2) is 7.38. The third-order valence-corrected chi connectivity index (χ3v) is 4.59. The lowest BCUT2D eigenvalue weighted by Gasteiger charge is -2.38. The van der Waals surface area contributed by atoms with E-state index in [1.54, 1.807) is 7.11 Å². The Bertz CT molecular complexity index is 324. The summed E-state index contributed by atoms with van der Waals surface area (Å²) in [6, 6.07) is 0.129. The molecule has 0 radical (unpaired) electrons. The minimum absolute atomic E-state index is 0.129. The lowest BCUT2D eigenvalue weighted by atomic mass is 9.98. The first-order chi connectivity index (χ1) is 9.63. The van der Waals surface area contributed by atoms with Crippen LogP contribution in [0.5, 0.6) is 0 Å². The number of amides is 1. The number of hydrogen-bond acceptors (Lipinski definition) is 4. The Hall–Kier alpha value is -0.650. The van der Waals surface area contributed by atoms with Crippen LogP contribution in [0.15, 0.2) is 0 Å². The first-order valence-corrected chi connectivity index (χ1v) is 7.81. The molecule has 2 saturated heterocycles. The van der Waals surface area contributed by atoms with Crippen molar-refractivity contribution in [2.45, 2.75) is 69.8 Å². The number of nitrogens with zero attached hydrogens (tertiary/aromatic N) is 1. The van der Waals surface area contributed by atoms with Gasteiger partial charge in [0.15, 0.2) is 0 Å². The van der Waals surface area contributed by atoms with E-state index in [2.05, 4.69) is 6.92 Å². The third-order valence-electron chi connectivity index (χ3n) is 4.59. The minimum Gasteiger partial charge on any atom is -0.381 e. The van der Waals surface area contributed by atoms with E-state index in [4.69, 9.17) is 15.2 Å². The van der Waals surface area contributed by atoms with Gasteiger partial charge in [-0.1, -0.05) is 0 Å². The van der Waals surface area contributed by atoms with E-state index in [0.717, 1.165) is 38.6 Å². The van der Waals surface area contributed by atoms with Crippen LogP contribution in [0.2, 0.25) is 0 Å². The number of carbonyl (C=O) groups excluding carboxylic acids is 1. The fourth-order valence-corrected chi connectivity index (χ4v) is 3.31. The van der Waals surface area contributed by atoms with Crippen LogP contribution >= 0.6 is 0 Å². The molecule has 2 aliphatic rings. The van der Waals surface area contributed by atoms with E-state index in [-0.39, 0.29) is 24.2 Å². The molecule has 4 atom stereocenters. The van der Waals surface area contributed by atoms with Crippen molar-refractivity contribution in [1.29, 1.82) is 0 Å². The van der Waals surface area contributed by atoms with Crippen molar-refractivity contribution in [3.05, 3.63) is 0 Å². The average molecular weight is 284 g/mol. The van der Waals surface area contributed by atoms with Crippen LogP contribution in [0.4, 0.5) is 0 Å². The quantitative estimate of drug-likeness (QED) is 0.826. The predicted molar refractivity (Wildman–Crippen MR) is 77.4 cm³/mol. The van der Waals surface area contributed by atoms with Crippen molar-refractivity contribution in [3.8, 4) is 0 Å². The molecule has 2 rings (SSSR count). The van der Waals surface area contributed by atoms with Gasteiger partial charge < -0.3 is 20.1 Å². The first kappa shape index (κ1) is 15.7. The summed E-state index contributed by atoms with van der Waals surface area (Å²) in [5.74, 6) is 0.221. The topological polar surface area (TPSA) is 64.8 Å². The zero-order chi connectivity index (χ0) is 14.5. The molecule has 0 unspecified atom stereocenters. The molecule has 5 nitrogen and oxygen atoms in total. The zero-order valence-electron chi connectivity index (χ0n) is 12.7. The van der Waals surface area contributed by atoms with Crippen molar-refractivity contribution in [1.82, 2.24) is 4.90 Å². The van der Waals surface area contributed by atoms with E-state index >= 15 is 0 Å². The monoisotopic (exact) mass is 284 g/mol. The molecular weight excluding hydrogens is 256 g/mol. The van der Waals surface area contributed by atoms with E-state index in [0.29, 0.717) is 19.1 Å². The molecule has 0 spiro atoms. The second-order valence-corrected chi connectivity index (χ2v) is 6.04. The summed E-state index contributed by atoms with van der Waals surface area (Å²) in [5.41, 5.74) is 5.81. The van der Waals surface area contributed by atoms with Gasteiger partial charge in [-0.25, -0.2) is 0 Å². The van der Waals surface area contributed by atoms with Gasteiger partial charge in [-0.2, -0.15) is 0 Å². The number of hydrogen-bond donors (Lipinski definition) is 1. The molecule has 20 heavy (non-hydrogen) atoms. The Morgan fingerprint density at radius 1 is 1.40 bits per heavy atom. The van der Waals surface area contributed by atoms with E-state index in [1.807, 2.05) is 4.90 Å². The van der Waals surface area contributed by atoms with Crippen LogP contribution in [0.25, 0.3) is 0 Å². The molecule has 2 N–H and O–H groups in total. The number of ether oxygens (including phenoxy) is 2. The lowest BCUT2D eigenvalue weighted by molar-refractivity contribution is -0.137. The van der Waals surface area contributed by atoms with Gasteiger partial charge in [0.25, 0.3) is 0 Å². The van der Waals surface area contributed by atoms with Gasteiger partial charge in [0.05, 0.1) is 18.3 Å². The normalized spacial score (nSPS) is 34.5. The van der Waals surface area contributed by atoms with Crippen molar-refractivity contribution >= 4 is 5.91 Å². The molecule has 116 valence electrons. The SMILES string of the molecule is CO[C@@H]1CCN(C(=O)CC[C@@H]2CC[C@H](C)O2)[C@H](CN)C1. The zero-order valence-corrected chi connectivity index (χ0v) is 12.7. The van der Waals surface area contributed by atoms with Gasteiger partial charge in [-0.15, -0.1) is 0 Å². The van der Waals surface area contributed by atoms with Crippen LogP contribution in [0.3, 0.4) is 0 Å². The maximum absolute atomic E-state index is 12.4. The van der Waals surface area contributed by atoms with Crippen molar-refractivity contribution in [3.63, 3.8) is 0 Å². The number of carbonyl (C=O) groups is 1. The Morgan fingerprint density at radius 3 is 2.80 bits per heavy atom. The largest absolute Gasteiger partial charge is 0.381 e. The molecule has 5 heteroatoms. The summed E-state index contributed by atoms with van der Waals surface area (Å²) in [6.45, 7) is 3.38. The highest BCUT2D eigenvalue weighted by Gasteiger charge is 2.31. The standard InChI is InChI=1S/C15H28N2O3/c1-11-3-4-13(20-11)5-6-15(18)17-8-7-14(19-2)9-12(17)10-16/h11-14H,3-10,16H2,1-2H3/t11-,12-,13-,14+/m0/s1. The Labute approximate surface area is 121 Å². The van der Waals surface area contributed by atoms with Crippen LogP contribution in [-0.2, 0) is 14.3 Å². The van der Waals surface area contributed by atoms with Gasteiger partial charge >= 0.3 is 0 Å². The highest BCUT2D eigenvalue weighted by Crippen LogP contribution is 2.24. The van der Waals surface area contributed by atoms with E-state index < -0.39 is 0 Å². The molecule has 0 bridgehead atoms. The molecule has 1 amide bonds. The molecular formula is C15H28N2O3. The second-order valence-electron chi connectivity index (χ2n) is 6.04. The maximum Gasteiger partial charge on any atom is 0.222 e. The Balaban J connectivity index is 1.79. The molecule has 0 aliphatic carbocycles. The maximum atomic E-state index is 12.4. The molecule has 2 aliphatic heterocycles. The van der Waals surface area contributed by atoms with Crippen molar-refractivity contribution < 1.29 is 14.3 Å². The van der Waals surface area contributed by atoms with Crippen LogP contribution in [0, 0.1) is 0 Å². The highest BCUT2D eigenvalue weighted by molar-refractivity contribution is 5.76. The van der Waals surface area contributed by atoms with Crippen LogP contribution in [-0.4, -0.2) is 55.4 Å². The minimum atomic E-state index is 0.129. The number of rotatable bonds is 5. The number of methoxy groups -OCH3 is 1. The summed E-state index contributed by atoms with van der Waals surface area (Å²) in [4.78, 5) is 14.3. The van der Waals surface area contributed by atoms with Crippen LogP contribution in [0.1, 0.15) is 45.4 Å². The highest BCUT2D eigenvalue weighted by atomic mass is 16.5. The molecule has 2 fully saturated rings. The fraction of sp³-hybridized carbons (Fsp3) is 0.933. The first-order valence-electron chi connectivity index (χ1n) is 7.81. The number of nitrogens with two attached hydrogens (primary N) is 1. The van der Waals surface area contributed by atoms with Gasteiger partial charge in [0.1, 0.15) is 0 Å². The number of piperidine rings is 1. The summed E-state index contributed by atoms with van der Waals surface area (Å²) < 4.78 is 11.2. The van der Waals surface area contributed by atoms with E-state index in [9.17, 15) is 4.79 Å². The average Bonchev–Trinajstić information content (AvgIpc) is 2.89. The van der Waals surface area contributed by atoms with Gasteiger partial charge in [-0.3, -0.25) is 4.79 Å². The van der Waals surface area contributed by atoms with Gasteiger partial charge in [-0.05, 0) is 39.0 Å². The van der Waals surface area contributed by atoms with E-state index in [1.165, 1.54) is 0 Å². The smallest absolute Gasteiger partial charge is 0.222 e. The number of likely N-dealkylation sites (tertiary alicyclic amines) is 1. The summed E-state index contributed by atoms with van der Waals surface area (Å²) in [5, 5.41) is 0. The van der Waals surface area contributed by atoms with Crippen molar-refractivity contribution in [2.75, 3.05) is 20.2 Å².